The number of H-pyrrole nitrogens is 1. The molecule has 1 aromatic carbocycles. The molecule has 2 N–H and O–H groups in total. The molecule has 0 saturated heterocycles. The highest BCUT2D eigenvalue weighted by atomic mass is 16.1. The fourth-order valence-corrected chi connectivity index (χ4v) is 2.39. The van der Waals surface area contributed by atoms with Crippen LogP contribution in [0.3, 0.4) is 0 Å². The van der Waals surface area contributed by atoms with Gasteiger partial charge in [-0.15, -0.1) is 0 Å². The lowest BCUT2D eigenvalue weighted by Gasteiger charge is -2.07. The van der Waals surface area contributed by atoms with E-state index in [4.69, 9.17) is 0 Å². The molecule has 3 nitrogen and oxygen atoms in total. The van der Waals surface area contributed by atoms with Crippen molar-refractivity contribution >= 4 is 5.91 Å². The summed E-state index contributed by atoms with van der Waals surface area (Å²) in [5, 5.41) is 2.98. The third kappa shape index (κ3) is 3.73. The molecule has 0 atom stereocenters. The van der Waals surface area contributed by atoms with E-state index in [1.807, 2.05) is 26.0 Å². The summed E-state index contributed by atoms with van der Waals surface area (Å²) in [7, 11) is 0. The topological polar surface area (TPSA) is 44.9 Å². The molecule has 1 amide bonds. The first-order chi connectivity index (χ1) is 9.56. The van der Waals surface area contributed by atoms with Crippen LogP contribution in [0.5, 0.6) is 0 Å². The van der Waals surface area contributed by atoms with Crippen LogP contribution < -0.4 is 5.32 Å². The Labute approximate surface area is 120 Å². The first-order valence-corrected chi connectivity index (χ1v) is 7.02. The lowest BCUT2D eigenvalue weighted by Crippen LogP contribution is -2.23. The van der Waals surface area contributed by atoms with Gasteiger partial charge >= 0.3 is 0 Å². The van der Waals surface area contributed by atoms with Crippen LogP contribution in [0.1, 0.15) is 34.5 Å². The Morgan fingerprint density at radius 1 is 1.15 bits per heavy atom. The molecule has 2 rings (SSSR count). The van der Waals surface area contributed by atoms with Gasteiger partial charge in [-0.25, -0.2) is 0 Å². The van der Waals surface area contributed by atoms with Gasteiger partial charge in [0.1, 0.15) is 0 Å². The number of hydrogen-bond donors (Lipinski definition) is 2. The van der Waals surface area contributed by atoms with Crippen LogP contribution in [-0.4, -0.2) is 10.9 Å². The van der Waals surface area contributed by atoms with E-state index in [1.165, 1.54) is 11.1 Å². The number of rotatable bonds is 5. The van der Waals surface area contributed by atoms with Crippen molar-refractivity contribution in [1.29, 1.82) is 0 Å². The Morgan fingerprint density at radius 3 is 2.55 bits per heavy atom. The number of amides is 1. The third-order valence-corrected chi connectivity index (χ3v) is 3.62. The second kappa shape index (κ2) is 6.42. The highest BCUT2D eigenvalue weighted by molar-refractivity contribution is 5.76. The molecule has 106 valence electrons. The molecule has 0 radical (unpaired) electrons. The van der Waals surface area contributed by atoms with Crippen LogP contribution >= 0.6 is 0 Å². The Balaban J connectivity index is 1.82. The second-order valence-electron chi connectivity index (χ2n) is 5.31. The number of carbonyl (C=O) groups is 1. The molecule has 0 bridgehead atoms. The van der Waals surface area contributed by atoms with E-state index < -0.39 is 0 Å². The van der Waals surface area contributed by atoms with Crippen LogP contribution in [0.2, 0.25) is 0 Å². The molecule has 20 heavy (non-hydrogen) atoms. The predicted octanol–water partition coefficient (Wildman–Crippen LogP) is 3.19. The molecule has 1 aromatic heterocycles. The second-order valence-corrected chi connectivity index (χ2v) is 5.31. The van der Waals surface area contributed by atoms with Gasteiger partial charge in [0.15, 0.2) is 0 Å². The van der Waals surface area contributed by atoms with Crippen LogP contribution in [0.15, 0.2) is 30.3 Å². The van der Waals surface area contributed by atoms with Crippen LogP contribution in [0.25, 0.3) is 0 Å². The number of aromatic amines is 1. The van der Waals surface area contributed by atoms with Crippen molar-refractivity contribution in [1.82, 2.24) is 10.3 Å². The minimum atomic E-state index is 0.103. The predicted molar refractivity (Wildman–Crippen MR) is 81.6 cm³/mol. The van der Waals surface area contributed by atoms with E-state index in [0.29, 0.717) is 13.0 Å². The molecule has 1 heterocycles. The lowest BCUT2D eigenvalue weighted by molar-refractivity contribution is -0.121. The third-order valence-electron chi connectivity index (χ3n) is 3.62. The summed E-state index contributed by atoms with van der Waals surface area (Å²) in [6.07, 6.45) is 1.33. The quantitative estimate of drug-likeness (QED) is 0.861. The van der Waals surface area contributed by atoms with Crippen LogP contribution in [0, 0.1) is 20.8 Å². The number of hydrogen-bond acceptors (Lipinski definition) is 1. The molecular formula is C17H22N2O. The Hall–Kier alpha value is -2.03. The van der Waals surface area contributed by atoms with Crippen LogP contribution in [-0.2, 0) is 17.8 Å². The fourth-order valence-electron chi connectivity index (χ4n) is 2.39. The average Bonchev–Trinajstić information content (AvgIpc) is 2.74. The molecule has 2 aromatic rings. The van der Waals surface area contributed by atoms with Crippen molar-refractivity contribution in [3.63, 3.8) is 0 Å². The van der Waals surface area contributed by atoms with E-state index >= 15 is 0 Å². The van der Waals surface area contributed by atoms with E-state index in [-0.39, 0.29) is 5.91 Å². The maximum atomic E-state index is 11.9. The zero-order valence-corrected chi connectivity index (χ0v) is 12.4. The molecule has 3 heteroatoms. The Bertz CT molecular complexity index is 599. The highest BCUT2D eigenvalue weighted by Crippen LogP contribution is 2.10. The van der Waals surface area contributed by atoms with Gasteiger partial charge in [0.2, 0.25) is 5.91 Å². The van der Waals surface area contributed by atoms with Crippen molar-refractivity contribution in [3.8, 4) is 0 Å². The molecule has 0 aliphatic carbocycles. The normalized spacial score (nSPS) is 10.6. The van der Waals surface area contributed by atoms with Gasteiger partial charge in [0.05, 0.1) is 0 Å². The zero-order valence-electron chi connectivity index (χ0n) is 12.4. The van der Waals surface area contributed by atoms with Crippen LogP contribution in [0.4, 0.5) is 0 Å². The van der Waals surface area contributed by atoms with Gasteiger partial charge < -0.3 is 10.3 Å². The average molecular weight is 270 g/mol. The summed E-state index contributed by atoms with van der Waals surface area (Å²) >= 11 is 0. The number of nitrogens with one attached hydrogen (secondary N) is 2. The minimum Gasteiger partial charge on any atom is -0.362 e. The van der Waals surface area contributed by atoms with Gasteiger partial charge in [-0.1, -0.05) is 24.3 Å². The van der Waals surface area contributed by atoms with E-state index in [2.05, 4.69) is 35.4 Å². The number of aryl methyl sites for hydroxylation is 4. The maximum absolute atomic E-state index is 11.9. The molecule has 0 aliphatic rings. The van der Waals surface area contributed by atoms with Gasteiger partial charge in [0.25, 0.3) is 0 Å². The van der Waals surface area contributed by atoms with E-state index in [1.54, 1.807) is 0 Å². The number of carbonyl (C=O) groups excluding carboxylic acids is 1. The summed E-state index contributed by atoms with van der Waals surface area (Å²) in [4.78, 5) is 15.1. The molecular weight excluding hydrogens is 248 g/mol. The molecule has 0 saturated carbocycles. The van der Waals surface area contributed by atoms with Crippen molar-refractivity contribution in [2.45, 2.75) is 40.2 Å². The summed E-state index contributed by atoms with van der Waals surface area (Å²) in [5.41, 5.74) is 5.91. The van der Waals surface area contributed by atoms with Crippen molar-refractivity contribution < 1.29 is 4.79 Å². The Morgan fingerprint density at radius 2 is 1.90 bits per heavy atom. The lowest BCUT2D eigenvalue weighted by atomic mass is 10.0. The summed E-state index contributed by atoms with van der Waals surface area (Å²) in [5.74, 6) is 0.103. The number of aromatic nitrogens is 1. The number of benzene rings is 1. The highest BCUT2D eigenvalue weighted by Gasteiger charge is 2.06. The first kappa shape index (κ1) is 14.4. The van der Waals surface area contributed by atoms with E-state index in [0.717, 1.165) is 23.4 Å². The van der Waals surface area contributed by atoms with E-state index in [9.17, 15) is 4.79 Å². The molecule has 0 aliphatic heterocycles. The summed E-state index contributed by atoms with van der Waals surface area (Å²) in [6.45, 7) is 6.74. The van der Waals surface area contributed by atoms with Crippen molar-refractivity contribution in [2.24, 2.45) is 0 Å². The summed E-state index contributed by atoms with van der Waals surface area (Å²) in [6, 6.07) is 10.3. The fraction of sp³-hybridized carbons (Fsp3) is 0.353. The maximum Gasteiger partial charge on any atom is 0.220 e. The smallest absolute Gasteiger partial charge is 0.220 e. The minimum absolute atomic E-state index is 0.103. The van der Waals surface area contributed by atoms with Gasteiger partial charge in [-0.3, -0.25) is 4.79 Å². The Kier molecular flexibility index (Phi) is 4.61. The van der Waals surface area contributed by atoms with Crippen molar-refractivity contribution in [3.05, 3.63) is 58.4 Å². The first-order valence-electron chi connectivity index (χ1n) is 7.02. The van der Waals surface area contributed by atoms with Gasteiger partial charge in [-0.2, -0.15) is 0 Å². The monoisotopic (exact) mass is 270 g/mol. The summed E-state index contributed by atoms with van der Waals surface area (Å²) < 4.78 is 0. The zero-order chi connectivity index (χ0) is 14.5. The van der Waals surface area contributed by atoms with Crippen molar-refractivity contribution in [2.75, 3.05) is 0 Å². The van der Waals surface area contributed by atoms with Gasteiger partial charge in [0, 0.05) is 24.4 Å². The largest absolute Gasteiger partial charge is 0.362 e. The molecule has 0 unspecified atom stereocenters. The van der Waals surface area contributed by atoms with Gasteiger partial charge in [-0.05, 0) is 49.9 Å². The molecule has 0 spiro atoms. The molecule has 0 fully saturated rings. The SMILES string of the molecule is Cc1cc(CNC(=O)CCc2ccccc2C)c(C)[nH]1. The standard InChI is InChI=1S/C17H22N2O/c1-12-6-4-5-7-15(12)8-9-17(20)18-11-16-10-13(2)19-14(16)3/h4-7,10,19H,8-9,11H2,1-3H3,(H,18,20).